The van der Waals surface area contributed by atoms with Crippen LogP contribution in [-0.4, -0.2) is 53.1 Å². The summed E-state index contributed by atoms with van der Waals surface area (Å²) in [7, 11) is 0. The van der Waals surface area contributed by atoms with Crippen molar-refractivity contribution in [3.63, 3.8) is 0 Å². The van der Waals surface area contributed by atoms with E-state index >= 15 is 0 Å². The third-order valence-corrected chi connectivity index (χ3v) is 5.54. The second kappa shape index (κ2) is 10.4. The van der Waals surface area contributed by atoms with Crippen molar-refractivity contribution in [2.24, 2.45) is 0 Å². The van der Waals surface area contributed by atoms with E-state index in [2.05, 4.69) is 14.9 Å². The lowest BCUT2D eigenvalue weighted by Gasteiger charge is -2.40. The molecule has 2 aromatic carbocycles. The average molecular weight is 451 g/mol. The Morgan fingerprint density at radius 2 is 1.94 bits per heavy atom. The van der Waals surface area contributed by atoms with E-state index in [1.165, 1.54) is 12.4 Å². The zero-order chi connectivity index (χ0) is 23.2. The van der Waals surface area contributed by atoms with Crippen LogP contribution in [0.1, 0.15) is 18.1 Å². The van der Waals surface area contributed by atoms with Gasteiger partial charge in [0.1, 0.15) is 18.8 Å². The zero-order valence-corrected chi connectivity index (χ0v) is 18.8. The summed E-state index contributed by atoms with van der Waals surface area (Å²) in [6.07, 6.45) is 1.40. The van der Waals surface area contributed by atoms with Crippen LogP contribution in [0.2, 0.25) is 0 Å². The van der Waals surface area contributed by atoms with Crippen LogP contribution in [0.4, 0.5) is 10.2 Å². The van der Waals surface area contributed by atoms with Gasteiger partial charge in [0.25, 0.3) is 0 Å². The SMILES string of the molecule is Cc1ccc(F)c(Oc2cc(N3CCN(C(=O)COCc4ccccc4)[C@H](C)C3)ncn2)c1. The minimum Gasteiger partial charge on any atom is -0.436 e. The molecule has 0 radical (unpaired) electrons. The van der Waals surface area contributed by atoms with Gasteiger partial charge in [-0.1, -0.05) is 36.4 Å². The Kier molecular flexibility index (Phi) is 7.14. The second-order valence-electron chi connectivity index (χ2n) is 8.11. The van der Waals surface area contributed by atoms with Crippen LogP contribution in [0.5, 0.6) is 11.6 Å². The monoisotopic (exact) mass is 450 g/mol. The maximum atomic E-state index is 14.0. The van der Waals surface area contributed by atoms with Crippen LogP contribution in [0.25, 0.3) is 0 Å². The molecule has 0 bridgehead atoms. The number of nitrogens with zero attached hydrogens (tertiary/aromatic N) is 4. The molecule has 1 saturated heterocycles. The Balaban J connectivity index is 1.33. The number of piperazine rings is 1. The predicted molar refractivity (Wildman–Crippen MR) is 123 cm³/mol. The van der Waals surface area contributed by atoms with E-state index in [4.69, 9.17) is 9.47 Å². The number of rotatable bonds is 7. The van der Waals surface area contributed by atoms with Gasteiger partial charge >= 0.3 is 0 Å². The van der Waals surface area contributed by atoms with Crippen molar-refractivity contribution in [3.8, 4) is 11.6 Å². The first-order valence-corrected chi connectivity index (χ1v) is 10.9. The first-order chi connectivity index (χ1) is 16.0. The highest BCUT2D eigenvalue weighted by Crippen LogP contribution is 2.26. The number of aromatic nitrogens is 2. The fraction of sp³-hybridized carbons (Fsp3) is 0.320. The highest BCUT2D eigenvalue weighted by atomic mass is 19.1. The van der Waals surface area contributed by atoms with Crippen molar-refractivity contribution in [1.29, 1.82) is 0 Å². The first-order valence-electron chi connectivity index (χ1n) is 10.9. The van der Waals surface area contributed by atoms with Gasteiger partial charge in [0, 0.05) is 31.7 Å². The van der Waals surface area contributed by atoms with E-state index in [0.717, 1.165) is 11.1 Å². The Morgan fingerprint density at radius 3 is 2.73 bits per heavy atom. The van der Waals surface area contributed by atoms with Crippen LogP contribution in [0.3, 0.4) is 0 Å². The van der Waals surface area contributed by atoms with Gasteiger partial charge in [0.2, 0.25) is 11.8 Å². The molecule has 0 spiro atoms. The van der Waals surface area contributed by atoms with Crippen molar-refractivity contribution < 1.29 is 18.7 Å². The molecular formula is C25H27FN4O3. The van der Waals surface area contributed by atoms with E-state index < -0.39 is 5.82 Å². The average Bonchev–Trinajstić information content (AvgIpc) is 2.82. The molecule has 1 amide bonds. The molecule has 0 N–H and O–H groups in total. The minimum atomic E-state index is -0.448. The third-order valence-electron chi connectivity index (χ3n) is 5.54. The number of amides is 1. The quantitative estimate of drug-likeness (QED) is 0.543. The third kappa shape index (κ3) is 5.84. The lowest BCUT2D eigenvalue weighted by Crippen LogP contribution is -2.55. The van der Waals surface area contributed by atoms with E-state index in [1.54, 1.807) is 18.2 Å². The summed E-state index contributed by atoms with van der Waals surface area (Å²) in [6, 6.07) is 16.1. The highest BCUT2D eigenvalue weighted by Gasteiger charge is 2.28. The molecule has 1 aliphatic rings. The number of hydrogen-bond donors (Lipinski definition) is 0. The Morgan fingerprint density at radius 1 is 1.12 bits per heavy atom. The maximum Gasteiger partial charge on any atom is 0.248 e. The van der Waals surface area contributed by atoms with Crippen LogP contribution in [-0.2, 0) is 16.1 Å². The standard InChI is InChI=1S/C25H27FN4O3/c1-18-8-9-21(26)22(12-18)33-24-13-23(27-17-28-24)29-10-11-30(19(2)14-29)25(31)16-32-15-20-6-4-3-5-7-20/h3-9,12-13,17,19H,10-11,14-16H2,1-2H3/t19-/m1/s1. The lowest BCUT2D eigenvalue weighted by molar-refractivity contribution is -0.139. The van der Waals surface area contributed by atoms with Gasteiger partial charge in [-0.25, -0.2) is 14.4 Å². The van der Waals surface area contributed by atoms with Crippen LogP contribution in [0, 0.1) is 12.7 Å². The largest absolute Gasteiger partial charge is 0.436 e. The van der Waals surface area contributed by atoms with Gasteiger partial charge in [0.15, 0.2) is 11.6 Å². The number of carbonyl (C=O) groups excluding carboxylic acids is 1. The number of ether oxygens (including phenoxy) is 2. The van der Waals surface area contributed by atoms with Crippen molar-refractivity contribution in [2.45, 2.75) is 26.5 Å². The van der Waals surface area contributed by atoms with Crippen molar-refractivity contribution in [2.75, 3.05) is 31.1 Å². The fourth-order valence-corrected chi connectivity index (χ4v) is 3.81. The summed E-state index contributed by atoms with van der Waals surface area (Å²) in [4.78, 5) is 25.0. The molecule has 172 valence electrons. The molecule has 8 heteroatoms. The number of aryl methyl sites for hydroxylation is 1. The Hall–Kier alpha value is -3.52. The van der Waals surface area contributed by atoms with Crippen molar-refractivity contribution in [1.82, 2.24) is 14.9 Å². The molecule has 1 aromatic heterocycles. The Bertz CT molecular complexity index is 1100. The van der Waals surface area contributed by atoms with E-state index in [-0.39, 0.29) is 30.2 Å². The molecule has 0 unspecified atom stereocenters. The van der Waals surface area contributed by atoms with Gasteiger partial charge in [0.05, 0.1) is 6.61 Å². The van der Waals surface area contributed by atoms with Crippen LogP contribution < -0.4 is 9.64 Å². The summed E-state index contributed by atoms with van der Waals surface area (Å²) in [5.74, 6) is 0.590. The molecule has 2 heterocycles. The molecule has 3 aromatic rings. The minimum absolute atomic E-state index is 0.0138. The number of benzene rings is 2. The van der Waals surface area contributed by atoms with E-state index in [0.29, 0.717) is 32.1 Å². The van der Waals surface area contributed by atoms with Gasteiger partial charge in [-0.05, 0) is 37.1 Å². The van der Waals surface area contributed by atoms with Gasteiger partial charge in [-0.15, -0.1) is 0 Å². The smallest absolute Gasteiger partial charge is 0.248 e. The molecule has 0 aliphatic carbocycles. The molecule has 1 aliphatic heterocycles. The van der Waals surface area contributed by atoms with Crippen LogP contribution in [0.15, 0.2) is 60.9 Å². The molecular weight excluding hydrogens is 423 g/mol. The summed E-state index contributed by atoms with van der Waals surface area (Å²) < 4.78 is 25.3. The van der Waals surface area contributed by atoms with Crippen molar-refractivity contribution in [3.05, 3.63) is 77.9 Å². The summed E-state index contributed by atoms with van der Waals surface area (Å²) >= 11 is 0. The number of halogens is 1. The number of anilines is 1. The molecule has 4 rings (SSSR count). The van der Waals surface area contributed by atoms with Crippen molar-refractivity contribution >= 4 is 11.7 Å². The maximum absolute atomic E-state index is 14.0. The second-order valence-corrected chi connectivity index (χ2v) is 8.11. The molecule has 7 nitrogen and oxygen atoms in total. The number of carbonyl (C=O) groups is 1. The zero-order valence-electron chi connectivity index (χ0n) is 18.8. The topological polar surface area (TPSA) is 67.8 Å². The summed E-state index contributed by atoms with van der Waals surface area (Å²) in [5, 5.41) is 0. The summed E-state index contributed by atoms with van der Waals surface area (Å²) in [5.41, 5.74) is 1.93. The molecule has 33 heavy (non-hydrogen) atoms. The van der Waals surface area contributed by atoms with E-state index in [1.807, 2.05) is 49.1 Å². The highest BCUT2D eigenvalue weighted by molar-refractivity contribution is 5.78. The first kappa shape index (κ1) is 22.7. The van der Waals surface area contributed by atoms with Crippen LogP contribution >= 0.6 is 0 Å². The van der Waals surface area contributed by atoms with Gasteiger partial charge in [-0.3, -0.25) is 4.79 Å². The van der Waals surface area contributed by atoms with Gasteiger partial charge < -0.3 is 19.3 Å². The number of hydrogen-bond acceptors (Lipinski definition) is 6. The molecule has 1 fully saturated rings. The summed E-state index contributed by atoms with van der Waals surface area (Å²) in [6.45, 7) is 6.11. The molecule has 0 saturated carbocycles. The predicted octanol–water partition coefficient (Wildman–Crippen LogP) is 3.97. The normalized spacial score (nSPS) is 16.0. The molecule has 1 atom stereocenters. The fourth-order valence-electron chi connectivity index (χ4n) is 3.81. The van der Waals surface area contributed by atoms with Gasteiger partial charge in [-0.2, -0.15) is 0 Å². The van der Waals surface area contributed by atoms with E-state index in [9.17, 15) is 9.18 Å². The Labute approximate surface area is 192 Å². The lowest BCUT2D eigenvalue weighted by atomic mass is 10.2.